The molecule has 0 aliphatic carbocycles. The third-order valence-corrected chi connectivity index (χ3v) is 4.38. The van der Waals surface area contributed by atoms with Gasteiger partial charge in [0.1, 0.15) is 0 Å². The van der Waals surface area contributed by atoms with Crippen molar-refractivity contribution in [2.45, 2.75) is 13.8 Å². The van der Waals surface area contributed by atoms with Crippen LogP contribution in [0.25, 0.3) is 0 Å². The van der Waals surface area contributed by atoms with Gasteiger partial charge in [-0.25, -0.2) is 0 Å². The predicted octanol–water partition coefficient (Wildman–Crippen LogP) is 3.82. The summed E-state index contributed by atoms with van der Waals surface area (Å²) in [4.78, 5) is 25.8. The van der Waals surface area contributed by atoms with E-state index in [-0.39, 0.29) is 18.4 Å². The molecule has 2 aromatic carbocycles. The van der Waals surface area contributed by atoms with E-state index in [1.165, 1.54) is 4.90 Å². The van der Waals surface area contributed by atoms with E-state index in [1.807, 2.05) is 38.1 Å². The van der Waals surface area contributed by atoms with Gasteiger partial charge in [0.05, 0.1) is 12.2 Å². The van der Waals surface area contributed by atoms with Crippen molar-refractivity contribution in [3.8, 4) is 0 Å². The van der Waals surface area contributed by atoms with Gasteiger partial charge in [-0.05, 0) is 65.2 Å². The molecule has 2 N–H and O–H groups in total. The smallest absolute Gasteiger partial charge is 0.253 e. The zero-order valence-electron chi connectivity index (χ0n) is 14.8. The second-order valence-electron chi connectivity index (χ2n) is 6.11. The summed E-state index contributed by atoms with van der Waals surface area (Å²) in [5.74, 6) is -0.232. The fraction of sp³-hybridized carbons (Fsp3) is 0.263. The predicted molar refractivity (Wildman–Crippen MR) is 105 cm³/mol. The van der Waals surface area contributed by atoms with Crippen LogP contribution in [0.15, 0.2) is 40.9 Å². The summed E-state index contributed by atoms with van der Waals surface area (Å²) >= 11 is 3.44. The lowest BCUT2D eigenvalue weighted by Gasteiger charge is -2.14. The maximum absolute atomic E-state index is 12.2. The second-order valence-corrected chi connectivity index (χ2v) is 6.97. The Bertz CT molecular complexity index is 803. The number of hydrogen-bond acceptors (Lipinski definition) is 3. The summed E-state index contributed by atoms with van der Waals surface area (Å²) in [6, 6.07) is 11.2. The topological polar surface area (TPSA) is 61.4 Å². The number of anilines is 2. The van der Waals surface area contributed by atoms with Crippen molar-refractivity contribution in [2.75, 3.05) is 31.3 Å². The van der Waals surface area contributed by atoms with Crippen molar-refractivity contribution >= 4 is 39.1 Å². The number of carbonyl (C=O) groups is 2. The Hall–Kier alpha value is -2.34. The average Bonchev–Trinajstić information content (AvgIpc) is 2.56. The minimum atomic E-state index is -0.159. The van der Waals surface area contributed by atoms with E-state index < -0.39 is 0 Å². The summed E-state index contributed by atoms with van der Waals surface area (Å²) in [5, 5.41) is 5.96. The molecule has 0 radical (unpaired) electrons. The summed E-state index contributed by atoms with van der Waals surface area (Å²) in [5.41, 5.74) is 4.16. The fourth-order valence-corrected chi connectivity index (χ4v) is 2.89. The molecule has 6 heteroatoms. The van der Waals surface area contributed by atoms with Crippen LogP contribution >= 0.6 is 15.9 Å². The average molecular weight is 404 g/mol. The van der Waals surface area contributed by atoms with E-state index in [0.717, 1.165) is 27.0 Å². The minimum Gasteiger partial charge on any atom is -0.376 e. The summed E-state index contributed by atoms with van der Waals surface area (Å²) in [7, 11) is 3.42. The quantitative estimate of drug-likeness (QED) is 0.797. The molecule has 0 bridgehead atoms. The van der Waals surface area contributed by atoms with Gasteiger partial charge >= 0.3 is 0 Å². The van der Waals surface area contributed by atoms with Gasteiger partial charge in [-0.3, -0.25) is 9.59 Å². The van der Waals surface area contributed by atoms with Crippen molar-refractivity contribution in [3.63, 3.8) is 0 Å². The zero-order valence-corrected chi connectivity index (χ0v) is 16.4. The Balaban J connectivity index is 2.04. The zero-order chi connectivity index (χ0) is 18.6. The van der Waals surface area contributed by atoms with Crippen LogP contribution in [0, 0.1) is 13.8 Å². The first kappa shape index (κ1) is 19.0. The summed E-state index contributed by atoms with van der Waals surface area (Å²) in [6.07, 6.45) is 0. The van der Waals surface area contributed by atoms with Crippen molar-refractivity contribution in [1.29, 1.82) is 0 Å². The normalized spacial score (nSPS) is 10.3. The van der Waals surface area contributed by atoms with Crippen LogP contribution in [-0.2, 0) is 4.79 Å². The third kappa shape index (κ3) is 5.06. The number of benzene rings is 2. The highest BCUT2D eigenvalue weighted by Crippen LogP contribution is 2.23. The van der Waals surface area contributed by atoms with Crippen molar-refractivity contribution in [2.24, 2.45) is 0 Å². The van der Waals surface area contributed by atoms with Gasteiger partial charge in [0, 0.05) is 29.8 Å². The molecule has 132 valence electrons. The third-order valence-electron chi connectivity index (χ3n) is 3.73. The number of hydrogen-bond donors (Lipinski definition) is 2. The largest absolute Gasteiger partial charge is 0.376 e. The Kier molecular flexibility index (Phi) is 6.20. The Morgan fingerprint density at radius 3 is 2.40 bits per heavy atom. The molecule has 0 spiro atoms. The fourth-order valence-electron chi connectivity index (χ4n) is 2.30. The maximum Gasteiger partial charge on any atom is 0.253 e. The molecule has 0 unspecified atom stereocenters. The number of aryl methyl sites for hydroxylation is 2. The Morgan fingerprint density at radius 1 is 1.04 bits per heavy atom. The molecule has 2 aromatic rings. The van der Waals surface area contributed by atoms with Crippen LogP contribution in [-0.4, -0.2) is 37.4 Å². The molecule has 0 aliphatic rings. The van der Waals surface area contributed by atoms with E-state index >= 15 is 0 Å². The number of carbonyl (C=O) groups excluding carboxylic acids is 2. The second kappa shape index (κ2) is 8.16. The van der Waals surface area contributed by atoms with E-state index in [9.17, 15) is 9.59 Å². The molecule has 0 aliphatic heterocycles. The number of amides is 2. The standard InChI is InChI=1S/C19H22BrN3O2/c1-12-5-8-16(15(20)9-12)22-18(24)11-21-17-10-14(7-6-13(17)2)19(25)23(3)4/h5-10,21H,11H2,1-4H3,(H,22,24). The minimum absolute atomic E-state index is 0.0731. The molecule has 0 saturated carbocycles. The van der Waals surface area contributed by atoms with Crippen LogP contribution in [0.5, 0.6) is 0 Å². The van der Waals surface area contributed by atoms with Gasteiger partial charge in [-0.1, -0.05) is 12.1 Å². The van der Waals surface area contributed by atoms with E-state index in [2.05, 4.69) is 26.6 Å². The molecular weight excluding hydrogens is 382 g/mol. The molecule has 0 aromatic heterocycles. The number of nitrogens with one attached hydrogen (secondary N) is 2. The van der Waals surface area contributed by atoms with Crippen molar-refractivity contribution < 1.29 is 9.59 Å². The number of rotatable bonds is 5. The first-order chi connectivity index (χ1) is 11.8. The molecular formula is C19H22BrN3O2. The van der Waals surface area contributed by atoms with Crippen molar-refractivity contribution in [1.82, 2.24) is 4.90 Å². The summed E-state index contributed by atoms with van der Waals surface area (Å²) in [6.45, 7) is 4.03. The Labute approximate surface area is 156 Å². The van der Waals surface area contributed by atoms with Crippen molar-refractivity contribution in [3.05, 3.63) is 57.6 Å². The Morgan fingerprint density at radius 2 is 1.76 bits per heavy atom. The highest BCUT2D eigenvalue weighted by molar-refractivity contribution is 9.10. The maximum atomic E-state index is 12.2. The summed E-state index contributed by atoms with van der Waals surface area (Å²) < 4.78 is 0.843. The number of halogens is 1. The molecule has 0 heterocycles. The van der Waals surface area contributed by atoms with Crippen LogP contribution < -0.4 is 10.6 Å². The van der Waals surface area contributed by atoms with Gasteiger partial charge in [-0.2, -0.15) is 0 Å². The van der Waals surface area contributed by atoms with Gasteiger partial charge < -0.3 is 15.5 Å². The van der Waals surface area contributed by atoms with Gasteiger partial charge in [0.2, 0.25) is 5.91 Å². The first-order valence-electron chi connectivity index (χ1n) is 7.90. The first-order valence-corrected chi connectivity index (χ1v) is 8.69. The lowest BCUT2D eigenvalue weighted by Crippen LogP contribution is -2.23. The van der Waals surface area contributed by atoms with Crippen LogP contribution in [0.1, 0.15) is 21.5 Å². The highest BCUT2D eigenvalue weighted by Gasteiger charge is 2.11. The van der Waals surface area contributed by atoms with E-state index in [4.69, 9.17) is 0 Å². The molecule has 0 fully saturated rings. The lowest BCUT2D eigenvalue weighted by molar-refractivity contribution is -0.114. The van der Waals surface area contributed by atoms with E-state index in [0.29, 0.717) is 5.56 Å². The molecule has 0 saturated heterocycles. The van der Waals surface area contributed by atoms with E-state index in [1.54, 1.807) is 26.2 Å². The molecule has 25 heavy (non-hydrogen) atoms. The molecule has 2 amide bonds. The highest BCUT2D eigenvalue weighted by atomic mass is 79.9. The number of nitrogens with zero attached hydrogens (tertiary/aromatic N) is 1. The van der Waals surface area contributed by atoms with Crippen LogP contribution in [0.4, 0.5) is 11.4 Å². The van der Waals surface area contributed by atoms with Gasteiger partial charge in [0.15, 0.2) is 0 Å². The molecule has 0 atom stereocenters. The van der Waals surface area contributed by atoms with Crippen LogP contribution in [0.2, 0.25) is 0 Å². The van der Waals surface area contributed by atoms with Gasteiger partial charge in [0.25, 0.3) is 5.91 Å². The molecule has 2 rings (SSSR count). The van der Waals surface area contributed by atoms with Gasteiger partial charge in [-0.15, -0.1) is 0 Å². The SMILES string of the molecule is Cc1ccc(NC(=O)CNc2cc(C(=O)N(C)C)ccc2C)c(Br)c1. The monoisotopic (exact) mass is 403 g/mol. The molecule has 5 nitrogen and oxygen atoms in total. The lowest BCUT2D eigenvalue weighted by atomic mass is 10.1. The van der Waals surface area contributed by atoms with Crippen LogP contribution in [0.3, 0.4) is 0 Å².